The van der Waals surface area contributed by atoms with Gasteiger partial charge in [0.05, 0.1) is 0 Å². The van der Waals surface area contributed by atoms with Crippen LogP contribution in [-0.2, 0) is 11.8 Å². The highest BCUT2D eigenvalue weighted by Crippen LogP contribution is 2.25. The number of halogens is 1. The quantitative estimate of drug-likeness (QED) is 0.711. The minimum atomic E-state index is -0.0216. The molecule has 14 heavy (non-hydrogen) atoms. The number of aryl methyl sites for hydroxylation is 1. The summed E-state index contributed by atoms with van der Waals surface area (Å²) in [5.74, 6) is 2.06. The summed E-state index contributed by atoms with van der Waals surface area (Å²) in [5, 5.41) is 8.04. The van der Waals surface area contributed by atoms with Crippen molar-refractivity contribution >= 4 is 11.6 Å². The Morgan fingerprint density at radius 1 is 1.36 bits per heavy atom. The third-order valence-corrected chi connectivity index (χ3v) is 2.72. The lowest BCUT2D eigenvalue weighted by molar-refractivity contribution is 0.344. The van der Waals surface area contributed by atoms with E-state index >= 15 is 0 Å². The van der Waals surface area contributed by atoms with E-state index in [0.29, 0.717) is 11.8 Å². The Hall–Kier alpha value is -0.570. The monoisotopic (exact) mass is 216 g/mol. The van der Waals surface area contributed by atoms with Gasteiger partial charge < -0.3 is 4.42 Å². The van der Waals surface area contributed by atoms with E-state index in [2.05, 4.69) is 31.0 Å². The largest absolute Gasteiger partial charge is 0.425 e. The van der Waals surface area contributed by atoms with Crippen molar-refractivity contribution in [2.24, 2.45) is 0 Å². The molecule has 0 saturated carbocycles. The van der Waals surface area contributed by atoms with Crippen LogP contribution in [0.15, 0.2) is 4.42 Å². The summed E-state index contributed by atoms with van der Waals surface area (Å²) < 4.78 is 5.56. The molecule has 1 aromatic heterocycles. The molecule has 0 aliphatic rings. The maximum atomic E-state index is 5.59. The molecule has 3 nitrogen and oxygen atoms in total. The van der Waals surface area contributed by atoms with Crippen molar-refractivity contribution in [3.63, 3.8) is 0 Å². The fourth-order valence-corrected chi connectivity index (χ4v) is 1.13. The van der Waals surface area contributed by atoms with Gasteiger partial charge >= 0.3 is 0 Å². The van der Waals surface area contributed by atoms with Gasteiger partial charge in [0, 0.05) is 17.7 Å². The Labute approximate surface area is 89.9 Å². The first-order valence-electron chi connectivity index (χ1n) is 4.99. The molecule has 1 aromatic rings. The van der Waals surface area contributed by atoms with Crippen molar-refractivity contribution in [1.82, 2.24) is 10.2 Å². The second-order valence-corrected chi connectivity index (χ2v) is 4.41. The van der Waals surface area contributed by atoms with E-state index in [-0.39, 0.29) is 5.41 Å². The second kappa shape index (κ2) is 4.78. The van der Waals surface area contributed by atoms with Gasteiger partial charge in [0.1, 0.15) is 0 Å². The van der Waals surface area contributed by atoms with E-state index in [1.165, 1.54) is 0 Å². The first-order valence-corrected chi connectivity index (χ1v) is 5.52. The van der Waals surface area contributed by atoms with E-state index in [1.54, 1.807) is 0 Å². The topological polar surface area (TPSA) is 38.9 Å². The average Bonchev–Trinajstić information content (AvgIpc) is 2.63. The smallest absolute Gasteiger partial charge is 0.222 e. The Morgan fingerprint density at radius 2 is 2.07 bits per heavy atom. The number of aromatic nitrogens is 2. The minimum absolute atomic E-state index is 0.0216. The molecule has 0 radical (unpaired) electrons. The second-order valence-electron chi connectivity index (χ2n) is 4.03. The molecule has 4 heteroatoms. The van der Waals surface area contributed by atoms with Crippen molar-refractivity contribution in [3.05, 3.63) is 11.8 Å². The highest BCUT2D eigenvalue weighted by atomic mass is 35.5. The van der Waals surface area contributed by atoms with Crippen LogP contribution in [0.3, 0.4) is 0 Å². The maximum Gasteiger partial charge on any atom is 0.222 e. The molecule has 0 aliphatic heterocycles. The summed E-state index contributed by atoms with van der Waals surface area (Å²) in [6.45, 7) is 6.32. The van der Waals surface area contributed by atoms with Crippen LogP contribution in [0.4, 0.5) is 0 Å². The molecular formula is C10H17ClN2O. The van der Waals surface area contributed by atoms with Crippen molar-refractivity contribution in [3.8, 4) is 0 Å². The van der Waals surface area contributed by atoms with Crippen LogP contribution in [0.2, 0.25) is 0 Å². The molecule has 0 saturated heterocycles. The number of hydrogen-bond donors (Lipinski definition) is 0. The molecular weight excluding hydrogens is 200 g/mol. The van der Waals surface area contributed by atoms with Crippen molar-refractivity contribution in [1.29, 1.82) is 0 Å². The number of hydrogen-bond acceptors (Lipinski definition) is 3. The van der Waals surface area contributed by atoms with E-state index in [4.69, 9.17) is 16.0 Å². The van der Waals surface area contributed by atoms with Crippen LogP contribution in [0, 0.1) is 0 Å². The van der Waals surface area contributed by atoms with Gasteiger partial charge in [-0.3, -0.25) is 0 Å². The standard InChI is InChI=1S/C10H17ClN2O/c1-4-10(2,3)9-13-12-8(14-9)6-5-7-11/h4-7H2,1-3H3. The van der Waals surface area contributed by atoms with Crippen LogP contribution in [0.25, 0.3) is 0 Å². The SMILES string of the molecule is CCC(C)(C)c1nnc(CCCCl)o1. The van der Waals surface area contributed by atoms with Crippen molar-refractivity contribution in [2.45, 2.75) is 45.4 Å². The summed E-state index contributed by atoms with van der Waals surface area (Å²) in [6, 6.07) is 0. The Bertz CT molecular complexity index is 283. The van der Waals surface area contributed by atoms with E-state index in [9.17, 15) is 0 Å². The van der Waals surface area contributed by atoms with Gasteiger partial charge in [-0.05, 0) is 12.8 Å². The van der Waals surface area contributed by atoms with Gasteiger partial charge in [-0.15, -0.1) is 21.8 Å². The predicted molar refractivity (Wildman–Crippen MR) is 56.7 cm³/mol. The molecule has 80 valence electrons. The van der Waals surface area contributed by atoms with Crippen molar-refractivity contribution in [2.75, 3.05) is 5.88 Å². The first-order chi connectivity index (χ1) is 6.60. The van der Waals surface area contributed by atoms with Gasteiger partial charge in [-0.1, -0.05) is 20.8 Å². The lowest BCUT2D eigenvalue weighted by atomic mass is 9.90. The summed E-state index contributed by atoms with van der Waals surface area (Å²) in [7, 11) is 0. The fraction of sp³-hybridized carbons (Fsp3) is 0.800. The molecule has 0 spiro atoms. The molecule has 0 atom stereocenters. The summed E-state index contributed by atoms with van der Waals surface area (Å²) in [4.78, 5) is 0. The number of rotatable bonds is 5. The first kappa shape index (κ1) is 11.5. The van der Waals surface area contributed by atoms with Crippen LogP contribution in [0.1, 0.15) is 45.4 Å². The summed E-state index contributed by atoms with van der Waals surface area (Å²) >= 11 is 5.59. The average molecular weight is 217 g/mol. The van der Waals surface area contributed by atoms with Crippen LogP contribution in [-0.4, -0.2) is 16.1 Å². The van der Waals surface area contributed by atoms with E-state index < -0.39 is 0 Å². The maximum absolute atomic E-state index is 5.59. The lowest BCUT2D eigenvalue weighted by Gasteiger charge is -2.16. The fourth-order valence-electron chi connectivity index (χ4n) is 0.997. The molecule has 0 amide bonds. The molecule has 0 aromatic carbocycles. The molecule has 0 bridgehead atoms. The Balaban J connectivity index is 2.67. The third kappa shape index (κ3) is 2.71. The zero-order valence-corrected chi connectivity index (χ0v) is 9.76. The van der Waals surface area contributed by atoms with Gasteiger partial charge in [0.25, 0.3) is 0 Å². The summed E-state index contributed by atoms with van der Waals surface area (Å²) in [6.07, 6.45) is 2.65. The molecule has 1 rings (SSSR count). The molecule has 0 aliphatic carbocycles. The van der Waals surface area contributed by atoms with Gasteiger partial charge in [0.2, 0.25) is 11.8 Å². The normalized spacial score (nSPS) is 12.0. The van der Waals surface area contributed by atoms with Gasteiger partial charge in [-0.2, -0.15) is 0 Å². The Kier molecular flexibility index (Phi) is 3.93. The van der Waals surface area contributed by atoms with Crippen LogP contribution in [0.5, 0.6) is 0 Å². The third-order valence-electron chi connectivity index (χ3n) is 2.45. The lowest BCUT2D eigenvalue weighted by Crippen LogP contribution is -2.15. The number of nitrogens with zero attached hydrogens (tertiary/aromatic N) is 2. The highest BCUT2D eigenvalue weighted by molar-refractivity contribution is 6.17. The minimum Gasteiger partial charge on any atom is -0.425 e. The molecule has 0 fully saturated rings. The highest BCUT2D eigenvalue weighted by Gasteiger charge is 2.24. The molecule has 1 heterocycles. The van der Waals surface area contributed by atoms with Crippen LogP contribution >= 0.6 is 11.6 Å². The molecule has 0 unspecified atom stereocenters. The predicted octanol–water partition coefficient (Wildman–Crippen LogP) is 2.93. The van der Waals surface area contributed by atoms with Crippen LogP contribution < -0.4 is 0 Å². The molecule has 0 N–H and O–H groups in total. The zero-order chi connectivity index (χ0) is 10.6. The van der Waals surface area contributed by atoms with Crippen molar-refractivity contribution < 1.29 is 4.42 Å². The van der Waals surface area contributed by atoms with E-state index in [1.807, 2.05) is 0 Å². The Morgan fingerprint density at radius 3 is 2.64 bits per heavy atom. The summed E-state index contributed by atoms with van der Waals surface area (Å²) in [5.41, 5.74) is -0.0216. The number of alkyl halides is 1. The zero-order valence-electron chi connectivity index (χ0n) is 9.01. The van der Waals surface area contributed by atoms with Gasteiger partial charge in [-0.25, -0.2) is 0 Å². The van der Waals surface area contributed by atoms with E-state index in [0.717, 1.165) is 25.2 Å². The van der Waals surface area contributed by atoms with Gasteiger partial charge in [0.15, 0.2) is 0 Å².